The van der Waals surface area contributed by atoms with Crippen molar-refractivity contribution in [1.29, 1.82) is 0 Å². The van der Waals surface area contributed by atoms with E-state index in [1.807, 2.05) is 54.6 Å². The van der Waals surface area contributed by atoms with Gasteiger partial charge in [-0.1, -0.05) is 56.3 Å². The summed E-state index contributed by atoms with van der Waals surface area (Å²) in [7, 11) is 1.61. The molecular weight excluding hydrogens is 352 g/mol. The van der Waals surface area contributed by atoms with Gasteiger partial charge in [-0.25, -0.2) is 0 Å². The van der Waals surface area contributed by atoms with E-state index in [1.54, 1.807) is 12.0 Å². The van der Waals surface area contributed by atoms with Crippen molar-refractivity contribution in [3.05, 3.63) is 65.7 Å². The molecule has 0 heterocycles. The van der Waals surface area contributed by atoms with E-state index < -0.39 is 6.04 Å². The van der Waals surface area contributed by atoms with Crippen LogP contribution < -0.4 is 10.1 Å². The standard InChI is InChI=1S/C23H30N2O3/c1-17(2)14-15-24-23(27)22(20-8-6-5-7-9-20)25(18(3)26)16-19-10-12-21(28-4)13-11-19/h5-13,17,22H,14-16H2,1-4H3,(H,24,27). The lowest BCUT2D eigenvalue weighted by Gasteiger charge is -2.30. The lowest BCUT2D eigenvalue weighted by molar-refractivity contribution is -0.140. The molecule has 1 N–H and O–H groups in total. The van der Waals surface area contributed by atoms with Crippen molar-refractivity contribution >= 4 is 11.8 Å². The number of ether oxygens (including phenoxy) is 1. The average Bonchev–Trinajstić information content (AvgIpc) is 2.68. The number of nitrogens with one attached hydrogen (secondary N) is 1. The molecular formula is C23H30N2O3. The fourth-order valence-corrected chi connectivity index (χ4v) is 3.00. The van der Waals surface area contributed by atoms with Gasteiger partial charge in [0, 0.05) is 20.0 Å². The van der Waals surface area contributed by atoms with Crippen molar-refractivity contribution in [3.63, 3.8) is 0 Å². The van der Waals surface area contributed by atoms with Crippen molar-refractivity contribution in [2.45, 2.75) is 39.8 Å². The van der Waals surface area contributed by atoms with Crippen LogP contribution in [0.25, 0.3) is 0 Å². The molecule has 2 aromatic carbocycles. The summed E-state index contributed by atoms with van der Waals surface area (Å²) in [4.78, 5) is 27.1. The van der Waals surface area contributed by atoms with Crippen LogP contribution in [0.15, 0.2) is 54.6 Å². The third-order valence-electron chi connectivity index (χ3n) is 4.61. The Hall–Kier alpha value is -2.82. The highest BCUT2D eigenvalue weighted by Crippen LogP contribution is 2.24. The summed E-state index contributed by atoms with van der Waals surface area (Å²) < 4.78 is 5.20. The largest absolute Gasteiger partial charge is 0.497 e. The molecule has 28 heavy (non-hydrogen) atoms. The predicted octanol–water partition coefficient (Wildman–Crippen LogP) is 3.95. The highest BCUT2D eigenvalue weighted by atomic mass is 16.5. The van der Waals surface area contributed by atoms with Gasteiger partial charge in [-0.3, -0.25) is 9.59 Å². The van der Waals surface area contributed by atoms with Crippen LogP contribution in [0.5, 0.6) is 5.75 Å². The Morgan fingerprint density at radius 1 is 1.04 bits per heavy atom. The molecule has 0 aliphatic rings. The molecule has 0 radical (unpaired) electrons. The van der Waals surface area contributed by atoms with Crippen LogP contribution in [-0.4, -0.2) is 30.4 Å². The zero-order valence-electron chi connectivity index (χ0n) is 17.1. The molecule has 2 aromatic rings. The maximum atomic E-state index is 13.0. The van der Waals surface area contributed by atoms with Gasteiger partial charge in [-0.2, -0.15) is 0 Å². The van der Waals surface area contributed by atoms with Gasteiger partial charge < -0.3 is 15.0 Å². The Kier molecular flexibility index (Phi) is 8.05. The summed E-state index contributed by atoms with van der Waals surface area (Å²) >= 11 is 0. The summed E-state index contributed by atoms with van der Waals surface area (Å²) in [5.74, 6) is 0.946. The maximum Gasteiger partial charge on any atom is 0.247 e. The Morgan fingerprint density at radius 3 is 2.21 bits per heavy atom. The first kappa shape index (κ1) is 21.5. The first-order valence-electron chi connectivity index (χ1n) is 9.65. The first-order valence-corrected chi connectivity index (χ1v) is 9.65. The number of amides is 2. The lowest BCUT2D eigenvalue weighted by atomic mass is 10.0. The van der Waals surface area contributed by atoms with E-state index in [2.05, 4.69) is 19.2 Å². The van der Waals surface area contributed by atoms with E-state index in [-0.39, 0.29) is 11.8 Å². The summed E-state index contributed by atoms with van der Waals surface area (Å²) in [6.07, 6.45) is 0.895. The quantitative estimate of drug-likeness (QED) is 0.714. The van der Waals surface area contributed by atoms with E-state index in [1.165, 1.54) is 6.92 Å². The smallest absolute Gasteiger partial charge is 0.247 e. The second-order valence-corrected chi connectivity index (χ2v) is 7.28. The molecule has 0 saturated carbocycles. The number of carbonyl (C=O) groups is 2. The molecule has 5 nitrogen and oxygen atoms in total. The molecule has 0 spiro atoms. The van der Waals surface area contributed by atoms with Crippen molar-refractivity contribution < 1.29 is 14.3 Å². The van der Waals surface area contributed by atoms with Crippen LogP contribution in [-0.2, 0) is 16.1 Å². The van der Waals surface area contributed by atoms with Gasteiger partial charge >= 0.3 is 0 Å². The number of rotatable bonds is 9. The van der Waals surface area contributed by atoms with Crippen LogP contribution in [0.4, 0.5) is 0 Å². The van der Waals surface area contributed by atoms with Gasteiger partial charge in [0.25, 0.3) is 0 Å². The molecule has 0 bridgehead atoms. The molecule has 0 aliphatic heterocycles. The topological polar surface area (TPSA) is 58.6 Å². The van der Waals surface area contributed by atoms with Gasteiger partial charge in [0.05, 0.1) is 7.11 Å². The summed E-state index contributed by atoms with van der Waals surface area (Å²) in [6.45, 7) is 6.67. The zero-order chi connectivity index (χ0) is 20.5. The van der Waals surface area contributed by atoms with Crippen LogP contribution >= 0.6 is 0 Å². The number of benzene rings is 2. The van der Waals surface area contributed by atoms with Gasteiger partial charge in [0.15, 0.2) is 0 Å². The van der Waals surface area contributed by atoms with Crippen molar-refractivity contribution in [2.75, 3.05) is 13.7 Å². The van der Waals surface area contributed by atoms with E-state index in [0.29, 0.717) is 19.0 Å². The second kappa shape index (κ2) is 10.5. The molecule has 0 aromatic heterocycles. The number of carbonyl (C=O) groups excluding carboxylic acids is 2. The SMILES string of the molecule is COc1ccc(CN(C(C)=O)C(C(=O)NCCC(C)C)c2ccccc2)cc1. The molecule has 2 rings (SSSR count). The minimum absolute atomic E-state index is 0.149. The van der Waals surface area contributed by atoms with Crippen molar-refractivity contribution in [2.24, 2.45) is 5.92 Å². The minimum Gasteiger partial charge on any atom is -0.497 e. The molecule has 0 aliphatic carbocycles. The van der Waals surface area contributed by atoms with Crippen molar-refractivity contribution in [1.82, 2.24) is 10.2 Å². The molecule has 0 fully saturated rings. The molecule has 1 atom stereocenters. The number of methoxy groups -OCH3 is 1. The molecule has 0 saturated heterocycles. The summed E-state index contributed by atoms with van der Waals surface area (Å²) in [6, 6.07) is 16.3. The molecule has 5 heteroatoms. The molecule has 150 valence electrons. The lowest BCUT2D eigenvalue weighted by Crippen LogP contribution is -2.43. The van der Waals surface area contributed by atoms with E-state index in [9.17, 15) is 9.59 Å². The molecule has 1 unspecified atom stereocenters. The summed E-state index contributed by atoms with van der Waals surface area (Å²) in [5, 5.41) is 3.00. The number of nitrogens with zero attached hydrogens (tertiary/aromatic N) is 1. The Bertz CT molecular complexity index is 757. The van der Waals surface area contributed by atoms with E-state index >= 15 is 0 Å². The maximum absolute atomic E-state index is 13.0. The van der Waals surface area contributed by atoms with Crippen LogP contribution in [0.2, 0.25) is 0 Å². The van der Waals surface area contributed by atoms with Crippen LogP contribution in [0.1, 0.15) is 44.4 Å². The second-order valence-electron chi connectivity index (χ2n) is 7.28. The predicted molar refractivity (Wildman–Crippen MR) is 111 cm³/mol. The van der Waals surface area contributed by atoms with E-state index in [4.69, 9.17) is 4.74 Å². The fourth-order valence-electron chi connectivity index (χ4n) is 3.00. The average molecular weight is 383 g/mol. The highest BCUT2D eigenvalue weighted by molar-refractivity contribution is 5.88. The minimum atomic E-state index is -0.673. The Morgan fingerprint density at radius 2 is 1.68 bits per heavy atom. The molecule has 2 amide bonds. The third kappa shape index (κ3) is 6.12. The number of hydrogen-bond donors (Lipinski definition) is 1. The van der Waals surface area contributed by atoms with Crippen LogP contribution in [0.3, 0.4) is 0 Å². The number of hydrogen-bond acceptors (Lipinski definition) is 3. The zero-order valence-corrected chi connectivity index (χ0v) is 17.1. The van der Waals surface area contributed by atoms with Crippen molar-refractivity contribution in [3.8, 4) is 5.75 Å². The van der Waals surface area contributed by atoms with E-state index in [0.717, 1.165) is 23.3 Å². The third-order valence-corrected chi connectivity index (χ3v) is 4.61. The monoisotopic (exact) mass is 382 g/mol. The first-order chi connectivity index (χ1) is 13.4. The van der Waals surface area contributed by atoms with Gasteiger partial charge in [-0.15, -0.1) is 0 Å². The Balaban J connectivity index is 2.28. The van der Waals surface area contributed by atoms with Crippen LogP contribution in [0, 0.1) is 5.92 Å². The Labute approximate surface area is 167 Å². The summed E-state index contributed by atoms with van der Waals surface area (Å²) in [5.41, 5.74) is 1.74. The normalized spacial score (nSPS) is 11.8. The van der Waals surface area contributed by atoms with Gasteiger partial charge in [-0.05, 0) is 35.6 Å². The highest BCUT2D eigenvalue weighted by Gasteiger charge is 2.29. The fraction of sp³-hybridized carbons (Fsp3) is 0.391. The van der Waals surface area contributed by atoms with Gasteiger partial charge in [0.1, 0.15) is 11.8 Å². The van der Waals surface area contributed by atoms with Gasteiger partial charge in [0.2, 0.25) is 11.8 Å².